The van der Waals surface area contributed by atoms with Gasteiger partial charge in [-0.25, -0.2) is 0 Å². The molecule has 106 valence electrons. The van der Waals surface area contributed by atoms with E-state index in [1.165, 1.54) is 67.4 Å². The first kappa shape index (κ1) is 13.2. The van der Waals surface area contributed by atoms with Crippen LogP contribution in [-0.4, -0.2) is 35.5 Å². The Balaban J connectivity index is 1.51. The van der Waals surface area contributed by atoms with E-state index >= 15 is 0 Å². The van der Waals surface area contributed by atoms with Gasteiger partial charge in [0.25, 0.3) is 0 Å². The molecule has 3 N–H and O–H groups in total. The largest absolute Gasteiger partial charge is 0.383 e. The molecule has 0 aromatic carbocycles. The summed E-state index contributed by atoms with van der Waals surface area (Å²) < 4.78 is 4.31. The molecule has 0 spiro atoms. The van der Waals surface area contributed by atoms with E-state index in [1.54, 1.807) is 0 Å². The van der Waals surface area contributed by atoms with E-state index in [0.717, 1.165) is 12.4 Å². The van der Waals surface area contributed by atoms with Crippen molar-refractivity contribution in [3.8, 4) is 0 Å². The zero-order valence-electron chi connectivity index (χ0n) is 11.7. The van der Waals surface area contributed by atoms with Crippen LogP contribution in [0.5, 0.6) is 0 Å². The van der Waals surface area contributed by atoms with Crippen molar-refractivity contribution in [2.75, 3.05) is 37.2 Å². The molecule has 1 saturated heterocycles. The van der Waals surface area contributed by atoms with E-state index in [0.29, 0.717) is 11.8 Å². The molecule has 2 fully saturated rings. The van der Waals surface area contributed by atoms with E-state index in [1.807, 2.05) is 0 Å². The lowest BCUT2D eigenvalue weighted by molar-refractivity contribution is 0.294. The number of nitrogens with zero attached hydrogens (tertiary/aromatic N) is 2. The van der Waals surface area contributed by atoms with E-state index in [9.17, 15) is 0 Å². The molecule has 1 aliphatic carbocycles. The number of likely N-dealkylation sites (tertiary alicyclic amines) is 1. The Bertz CT molecular complexity index is 421. The summed E-state index contributed by atoms with van der Waals surface area (Å²) in [4.78, 5) is 2.58. The fraction of sp³-hybridized carbons (Fsp3) is 0.786. The predicted octanol–water partition coefficient (Wildman–Crippen LogP) is 2.75. The summed E-state index contributed by atoms with van der Waals surface area (Å²) in [6, 6.07) is 0. The van der Waals surface area contributed by atoms with E-state index in [-0.39, 0.29) is 0 Å². The molecule has 1 unspecified atom stereocenters. The van der Waals surface area contributed by atoms with E-state index in [2.05, 4.69) is 21.5 Å². The van der Waals surface area contributed by atoms with E-state index in [4.69, 9.17) is 5.73 Å². The Hall–Kier alpha value is -0.810. The highest BCUT2D eigenvalue weighted by Crippen LogP contribution is 2.47. The van der Waals surface area contributed by atoms with Crippen molar-refractivity contribution < 1.29 is 0 Å². The van der Waals surface area contributed by atoms with Gasteiger partial charge in [-0.05, 0) is 62.1 Å². The Morgan fingerprint density at radius 1 is 1.42 bits per heavy atom. The summed E-state index contributed by atoms with van der Waals surface area (Å²) in [6.07, 6.45) is 5.30. The Morgan fingerprint density at radius 3 is 2.84 bits per heavy atom. The Morgan fingerprint density at radius 2 is 2.16 bits per heavy atom. The number of rotatable bonds is 6. The number of nitrogens with one attached hydrogen (secondary N) is 1. The van der Waals surface area contributed by atoms with Crippen LogP contribution in [0.4, 0.5) is 10.8 Å². The van der Waals surface area contributed by atoms with Crippen LogP contribution < -0.4 is 11.1 Å². The number of anilines is 2. The minimum absolute atomic E-state index is 0.675. The molecule has 1 aliphatic heterocycles. The van der Waals surface area contributed by atoms with Gasteiger partial charge in [0.15, 0.2) is 0 Å². The lowest BCUT2D eigenvalue weighted by Crippen LogP contribution is -2.28. The van der Waals surface area contributed by atoms with Crippen LogP contribution in [0.2, 0.25) is 0 Å². The molecule has 0 amide bonds. The summed E-state index contributed by atoms with van der Waals surface area (Å²) in [5.74, 6) is 2.10. The van der Waals surface area contributed by atoms with Crippen molar-refractivity contribution in [2.45, 2.75) is 38.5 Å². The number of hydrogen-bond acceptors (Lipinski definition) is 5. The minimum atomic E-state index is 0.675. The Kier molecular flexibility index (Phi) is 3.93. The molecule has 0 bridgehead atoms. The number of hydrogen-bond donors (Lipinski definition) is 2. The first-order valence-electron chi connectivity index (χ1n) is 7.45. The maximum absolute atomic E-state index is 5.97. The molecule has 5 heteroatoms. The normalized spacial score (nSPS) is 21.7. The monoisotopic (exact) mass is 280 g/mol. The summed E-state index contributed by atoms with van der Waals surface area (Å²) in [7, 11) is 0. The van der Waals surface area contributed by atoms with Gasteiger partial charge < -0.3 is 16.0 Å². The van der Waals surface area contributed by atoms with Gasteiger partial charge in [0, 0.05) is 18.7 Å². The second-order valence-corrected chi connectivity index (χ2v) is 6.85. The van der Waals surface area contributed by atoms with Crippen LogP contribution in [0.3, 0.4) is 0 Å². The summed E-state index contributed by atoms with van der Waals surface area (Å²) in [5.41, 5.74) is 7.26. The first-order valence-corrected chi connectivity index (χ1v) is 8.22. The average molecular weight is 280 g/mol. The quantitative estimate of drug-likeness (QED) is 0.841. The lowest BCUT2D eigenvalue weighted by atomic mass is 10.1. The molecule has 1 aromatic heterocycles. The molecule has 1 aromatic rings. The lowest BCUT2D eigenvalue weighted by Gasteiger charge is -2.20. The van der Waals surface area contributed by atoms with Gasteiger partial charge in [0.05, 0.1) is 0 Å². The molecular formula is C14H24N4S. The highest BCUT2D eigenvalue weighted by atomic mass is 32.1. The first-order chi connectivity index (χ1) is 9.24. The second-order valence-electron chi connectivity index (χ2n) is 6.08. The molecule has 1 saturated carbocycles. The minimum Gasteiger partial charge on any atom is -0.383 e. The van der Waals surface area contributed by atoms with Crippen LogP contribution in [0.15, 0.2) is 0 Å². The SMILES string of the molecule is CC(CNc1snc(N)c1C1CC1)CN1CCCC1. The van der Waals surface area contributed by atoms with Crippen molar-refractivity contribution >= 4 is 22.4 Å². The van der Waals surface area contributed by atoms with Gasteiger partial charge in [-0.3, -0.25) is 0 Å². The van der Waals surface area contributed by atoms with Gasteiger partial charge in [0.1, 0.15) is 10.8 Å². The third-order valence-corrected chi connectivity index (χ3v) is 4.96. The van der Waals surface area contributed by atoms with E-state index < -0.39 is 0 Å². The van der Waals surface area contributed by atoms with Crippen molar-refractivity contribution in [1.29, 1.82) is 0 Å². The molecular weight excluding hydrogens is 256 g/mol. The maximum atomic E-state index is 5.97. The van der Waals surface area contributed by atoms with Crippen molar-refractivity contribution in [3.63, 3.8) is 0 Å². The van der Waals surface area contributed by atoms with Crippen LogP contribution in [0.1, 0.15) is 44.1 Å². The second kappa shape index (κ2) is 5.67. The molecule has 2 aliphatic rings. The maximum Gasteiger partial charge on any atom is 0.142 e. The molecule has 2 heterocycles. The van der Waals surface area contributed by atoms with Gasteiger partial charge in [-0.2, -0.15) is 4.37 Å². The zero-order chi connectivity index (χ0) is 13.2. The molecule has 1 atom stereocenters. The summed E-state index contributed by atoms with van der Waals surface area (Å²) in [5, 5.41) is 4.79. The predicted molar refractivity (Wildman–Crippen MR) is 81.8 cm³/mol. The fourth-order valence-corrected chi connectivity index (χ4v) is 3.75. The van der Waals surface area contributed by atoms with Crippen molar-refractivity contribution in [2.24, 2.45) is 5.92 Å². The highest BCUT2D eigenvalue weighted by molar-refractivity contribution is 7.10. The fourth-order valence-electron chi connectivity index (χ4n) is 2.94. The van der Waals surface area contributed by atoms with Gasteiger partial charge in [0.2, 0.25) is 0 Å². The molecule has 19 heavy (non-hydrogen) atoms. The van der Waals surface area contributed by atoms with Gasteiger partial charge in [-0.15, -0.1) is 0 Å². The Labute approximate surface area is 119 Å². The van der Waals surface area contributed by atoms with Crippen LogP contribution in [0, 0.1) is 5.92 Å². The number of aromatic nitrogens is 1. The topological polar surface area (TPSA) is 54.2 Å². The van der Waals surface area contributed by atoms with Crippen molar-refractivity contribution in [1.82, 2.24) is 9.27 Å². The summed E-state index contributed by atoms with van der Waals surface area (Å²) in [6.45, 7) is 7.13. The number of nitrogens with two attached hydrogens (primary N) is 1. The smallest absolute Gasteiger partial charge is 0.142 e. The van der Waals surface area contributed by atoms with Gasteiger partial charge in [-0.1, -0.05) is 6.92 Å². The van der Waals surface area contributed by atoms with Gasteiger partial charge >= 0.3 is 0 Å². The van der Waals surface area contributed by atoms with Crippen LogP contribution in [0.25, 0.3) is 0 Å². The number of nitrogen functional groups attached to an aromatic ring is 1. The molecule has 3 rings (SSSR count). The van der Waals surface area contributed by atoms with Crippen LogP contribution >= 0.6 is 11.5 Å². The standard InChI is InChI=1S/C14H24N4S/c1-10(9-18-6-2-3-7-18)8-16-14-12(11-4-5-11)13(15)17-19-14/h10-11,16H,2-9H2,1H3,(H2,15,17). The third kappa shape index (κ3) is 3.20. The van der Waals surface area contributed by atoms with Crippen molar-refractivity contribution in [3.05, 3.63) is 5.56 Å². The summed E-state index contributed by atoms with van der Waals surface area (Å²) >= 11 is 1.53. The molecule has 4 nitrogen and oxygen atoms in total. The van der Waals surface area contributed by atoms with Crippen LogP contribution in [-0.2, 0) is 0 Å². The third-order valence-electron chi connectivity index (χ3n) is 4.12. The highest BCUT2D eigenvalue weighted by Gasteiger charge is 2.30. The zero-order valence-corrected chi connectivity index (χ0v) is 12.5. The molecule has 0 radical (unpaired) electrons. The average Bonchev–Trinajstić information content (AvgIpc) is 2.96.